The number of para-hydroxylation sites is 1. The van der Waals surface area contributed by atoms with Gasteiger partial charge in [-0.1, -0.05) is 31.2 Å². The summed E-state index contributed by atoms with van der Waals surface area (Å²) in [5.74, 6) is -0.741. The number of sulfonamides is 1. The van der Waals surface area contributed by atoms with Crippen LogP contribution in [0.4, 0.5) is 5.69 Å². The highest BCUT2D eigenvalue weighted by Gasteiger charge is 2.29. The number of anilines is 1. The molecule has 9 heteroatoms. The molecule has 1 aliphatic rings. The predicted molar refractivity (Wildman–Crippen MR) is 133 cm³/mol. The maximum Gasteiger partial charge on any atom is 0.254 e. The van der Waals surface area contributed by atoms with Gasteiger partial charge in [0.25, 0.3) is 5.91 Å². The topological polar surface area (TPSA) is 86.8 Å². The van der Waals surface area contributed by atoms with Crippen LogP contribution in [0, 0.1) is 0 Å². The van der Waals surface area contributed by atoms with Gasteiger partial charge in [-0.15, -0.1) is 11.3 Å². The number of likely N-dealkylation sites (N-methyl/N-ethyl adjacent to an activating group) is 1. The van der Waals surface area contributed by atoms with Crippen molar-refractivity contribution >= 4 is 38.9 Å². The Kier molecular flexibility index (Phi) is 7.16. The summed E-state index contributed by atoms with van der Waals surface area (Å²) in [4.78, 5) is 28.1. The third-order valence-electron chi connectivity index (χ3n) is 5.89. The Morgan fingerprint density at radius 3 is 2.71 bits per heavy atom. The van der Waals surface area contributed by atoms with Crippen LogP contribution in [0.15, 0.2) is 64.9 Å². The lowest BCUT2D eigenvalue weighted by molar-refractivity contribution is -0.116. The number of carbonyl (C=O) groups is 2. The molecule has 0 fully saturated rings. The Hall–Kier alpha value is -3.01. The van der Waals surface area contributed by atoms with Gasteiger partial charge in [0.1, 0.15) is 0 Å². The first-order valence-electron chi connectivity index (χ1n) is 11.1. The minimum atomic E-state index is -3.75. The number of benzene rings is 2. The smallest absolute Gasteiger partial charge is 0.254 e. The lowest BCUT2D eigenvalue weighted by Crippen LogP contribution is -2.36. The minimum Gasteiger partial charge on any atom is -0.332 e. The number of rotatable bonds is 7. The molecule has 0 saturated heterocycles. The number of fused-ring (bicyclic) bond motifs is 1. The molecule has 2 aromatic carbocycles. The van der Waals surface area contributed by atoms with E-state index in [9.17, 15) is 18.0 Å². The van der Waals surface area contributed by atoms with Crippen LogP contribution in [0.2, 0.25) is 0 Å². The molecule has 1 aliphatic heterocycles. The number of amides is 2. The summed E-state index contributed by atoms with van der Waals surface area (Å²) in [5, 5.41) is 4.83. The molecular weight excluding hydrogens is 470 g/mol. The highest BCUT2D eigenvalue weighted by Crippen LogP contribution is 2.28. The van der Waals surface area contributed by atoms with Crippen molar-refractivity contribution in [3.63, 3.8) is 0 Å². The molecule has 3 aromatic rings. The fourth-order valence-electron chi connectivity index (χ4n) is 4.01. The largest absolute Gasteiger partial charge is 0.332 e. The Morgan fingerprint density at radius 1 is 1.12 bits per heavy atom. The van der Waals surface area contributed by atoms with E-state index in [4.69, 9.17) is 0 Å². The summed E-state index contributed by atoms with van der Waals surface area (Å²) in [6.45, 7) is 2.59. The molecule has 0 saturated carbocycles. The normalized spacial score (nSPS) is 13.8. The van der Waals surface area contributed by atoms with Crippen LogP contribution in [0.3, 0.4) is 0 Å². The summed E-state index contributed by atoms with van der Waals surface area (Å²) < 4.78 is 27.9. The monoisotopic (exact) mass is 497 g/mol. The van der Waals surface area contributed by atoms with Crippen LogP contribution in [0.25, 0.3) is 0 Å². The number of aryl methyl sites for hydroxylation is 1. The van der Waals surface area contributed by atoms with Crippen LogP contribution in [-0.2, 0) is 34.2 Å². The highest BCUT2D eigenvalue weighted by molar-refractivity contribution is 7.89. The van der Waals surface area contributed by atoms with Crippen molar-refractivity contribution in [3.05, 3.63) is 81.5 Å². The SMILES string of the molecule is CCc1ccccc1NC(=O)CN(C)C(=O)c1cccc(S(=O)(=O)N2CCc3sccc3C2)c1. The summed E-state index contributed by atoms with van der Waals surface area (Å²) in [6.07, 6.45) is 1.46. The molecule has 0 aliphatic carbocycles. The molecule has 1 aromatic heterocycles. The molecule has 0 unspecified atom stereocenters. The lowest BCUT2D eigenvalue weighted by atomic mass is 10.1. The molecule has 0 spiro atoms. The molecule has 1 N–H and O–H groups in total. The van der Waals surface area contributed by atoms with Crippen LogP contribution < -0.4 is 5.32 Å². The zero-order valence-electron chi connectivity index (χ0n) is 19.2. The number of hydrogen-bond acceptors (Lipinski definition) is 5. The van der Waals surface area contributed by atoms with Gasteiger partial charge in [-0.3, -0.25) is 9.59 Å². The molecule has 178 valence electrons. The third kappa shape index (κ3) is 5.06. The van der Waals surface area contributed by atoms with Crippen molar-refractivity contribution in [1.82, 2.24) is 9.21 Å². The summed E-state index contributed by atoms with van der Waals surface area (Å²) >= 11 is 1.65. The first-order valence-corrected chi connectivity index (χ1v) is 13.4. The number of thiophene rings is 1. The molecule has 0 atom stereocenters. The summed E-state index contributed by atoms with van der Waals surface area (Å²) in [6, 6.07) is 15.5. The molecule has 34 heavy (non-hydrogen) atoms. The minimum absolute atomic E-state index is 0.0757. The number of carbonyl (C=O) groups excluding carboxylic acids is 2. The Balaban J connectivity index is 1.45. The highest BCUT2D eigenvalue weighted by atomic mass is 32.2. The molecule has 4 rings (SSSR count). The van der Waals surface area contributed by atoms with Crippen LogP contribution in [0.1, 0.15) is 33.3 Å². The zero-order chi connectivity index (χ0) is 24.3. The van der Waals surface area contributed by atoms with E-state index in [-0.39, 0.29) is 22.9 Å². The quantitative estimate of drug-likeness (QED) is 0.538. The summed E-state index contributed by atoms with van der Waals surface area (Å²) in [7, 11) is -2.22. The summed E-state index contributed by atoms with van der Waals surface area (Å²) in [5.41, 5.74) is 2.98. The van der Waals surface area contributed by atoms with Gasteiger partial charge in [-0.25, -0.2) is 8.42 Å². The predicted octanol–water partition coefficient (Wildman–Crippen LogP) is 3.77. The molecule has 0 radical (unpaired) electrons. The van der Waals surface area contributed by atoms with E-state index in [1.54, 1.807) is 23.5 Å². The first kappa shape index (κ1) is 24.1. The second-order valence-electron chi connectivity index (χ2n) is 8.21. The van der Waals surface area contributed by atoms with Crippen molar-refractivity contribution in [3.8, 4) is 0 Å². The van der Waals surface area contributed by atoms with Gasteiger partial charge in [-0.05, 0) is 59.7 Å². The average Bonchev–Trinajstić information content (AvgIpc) is 3.32. The van der Waals surface area contributed by atoms with Crippen LogP contribution in [0.5, 0.6) is 0 Å². The van der Waals surface area contributed by atoms with E-state index >= 15 is 0 Å². The van der Waals surface area contributed by atoms with E-state index in [0.717, 1.165) is 23.2 Å². The van der Waals surface area contributed by atoms with Gasteiger partial charge in [-0.2, -0.15) is 4.31 Å². The van der Waals surface area contributed by atoms with E-state index in [2.05, 4.69) is 5.32 Å². The van der Waals surface area contributed by atoms with Crippen LogP contribution >= 0.6 is 11.3 Å². The van der Waals surface area contributed by atoms with Crippen LogP contribution in [-0.4, -0.2) is 49.6 Å². The third-order valence-corrected chi connectivity index (χ3v) is 8.76. The second kappa shape index (κ2) is 10.1. The standard InChI is InChI=1S/C25H27N3O4S2/c1-3-18-7-4-5-10-22(18)26-24(29)17-27(2)25(30)19-8-6-9-21(15-19)34(31,32)28-13-11-23-20(16-28)12-14-33-23/h4-10,12,14-15H,3,11,13,16-17H2,1-2H3,(H,26,29). The molecule has 7 nitrogen and oxygen atoms in total. The maximum absolute atomic E-state index is 13.2. The van der Waals surface area contributed by atoms with Gasteiger partial charge in [0.15, 0.2) is 0 Å². The lowest BCUT2D eigenvalue weighted by Gasteiger charge is -2.26. The zero-order valence-corrected chi connectivity index (χ0v) is 20.8. The second-order valence-corrected chi connectivity index (χ2v) is 11.1. The van der Waals surface area contributed by atoms with Gasteiger partial charge in [0.05, 0.1) is 11.4 Å². The van der Waals surface area contributed by atoms with E-state index in [1.807, 2.05) is 42.6 Å². The fraction of sp³-hybridized carbons (Fsp3) is 0.280. The first-order chi connectivity index (χ1) is 16.3. The Morgan fingerprint density at radius 2 is 1.91 bits per heavy atom. The average molecular weight is 498 g/mol. The maximum atomic E-state index is 13.2. The van der Waals surface area contributed by atoms with E-state index in [1.165, 1.54) is 33.3 Å². The van der Waals surface area contributed by atoms with E-state index < -0.39 is 15.9 Å². The fourth-order valence-corrected chi connectivity index (χ4v) is 6.37. The molecule has 2 amide bonds. The van der Waals surface area contributed by atoms with Gasteiger partial charge >= 0.3 is 0 Å². The van der Waals surface area contributed by atoms with Gasteiger partial charge in [0.2, 0.25) is 15.9 Å². The van der Waals surface area contributed by atoms with Crippen molar-refractivity contribution < 1.29 is 18.0 Å². The number of hydrogen-bond donors (Lipinski definition) is 1. The molecular formula is C25H27N3O4S2. The van der Waals surface area contributed by atoms with Crippen molar-refractivity contribution in [2.45, 2.75) is 31.2 Å². The Bertz CT molecular complexity index is 1320. The van der Waals surface area contributed by atoms with Crippen molar-refractivity contribution in [2.75, 3.05) is 25.5 Å². The van der Waals surface area contributed by atoms with E-state index in [0.29, 0.717) is 19.5 Å². The Labute approximate surface area is 204 Å². The van der Waals surface area contributed by atoms with Crippen molar-refractivity contribution in [2.24, 2.45) is 0 Å². The number of nitrogens with zero attached hydrogens (tertiary/aromatic N) is 2. The molecule has 2 heterocycles. The van der Waals surface area contributed by atoms with Gasteiger partial charge < -0.3 is 10.2 Å². The van der Waals surface area contributed by atoms with Gasteiger partial charge in [0, 0.05) is 36.3 Å². The number of nitrogens with one attached hydrogen (secondary N) is 1. The molecule has 0 bridgehead atoms. The van der Waals surface area contributed by atoms with Crippen molar-refractivity contribution in [1.29, 1.82) is 0 Å².